The van der Waals surface area contributed by atoms with E-state index in [1.807, 2.05) is 11.8 Å². The van der Waals surface area contributed by atoms with Crippen LogP contribution >= 0.6 is 11.8 Å². The molecule has 2 rings (SSSR count). The van der Waals surface area contributed by atoms with Crippen LogP contribution in [0.25, 0.3) is 0 Å². The summed E-state index contributed by atoms with van der Waals surface area (Å²) in [6.07, 6.45) is 4.47. The number of rotatable bonds is 5. The summed E-state index contributed by atoms with van der Waals surface area (Å²) in [5.41, 5.74) is 0.859. The molecule has 1 aliphatic heterocycles. The summed E-state index contributed by atoms with van der Waals surface area (Å²) in [5.74, 6) is -0.262. The largest absolute Gasteiger partial charge is 0.309 e. The van der Waals surface area contributed by atoms with Gasteiger partial charge in [-0.1, -0.05) is 25.5 Å². The van der Waals surface area contributed by atoms with Crippen molar-refractivity contribution in [3.8, 4) is 0 Å². The molecular weight excluding hydrogens is 276 g/mol. The average Bonchev–Trinajstić information content (AvgIpc) is 2.48. The minimum Gasteiger partial charge on any atom is -0.309 e. The van der Waals surface area contributed by atoms with Gasteiger partial charge in [-0.25, -0.2) is 8.78 Å². The van der Waals surface area contributed by atoms with Crippen molar-refractivity contribution in [2.75, 3.05) is 12.3 Å². The van der Waals surface area contributed by atoms with Gasteiger partial charge in [-0.3, -0.25) is 0 Å². The molecule has 0 saturated carbocycles. The van der Waals surface area contributed by atoms with Gasteiger partial charge in [0.05, 0.1) is 0 Å². The third-order valence-corrected chi connectivity index (χ3v) is 5.30. The second kappa shape index (κ2) is 7.41. The third-order valence-electron chi connectivity index (χ3n) is 3.84. The monoisotopic (exact) mass is 299 g/mol. The Bertz CT molecular complexity index is 444. The van der Waals surface area contributed by atoms with Crippen molar-refractivity contribution in [2.45, 2.75) is 50.8 Å². The van der Waals surface area contributed by atoms with E-state index in [0.29, 0.717) is 16.4 Å². The summed E-state index contributed by atoms with van der Waals surface area (Å²) >= 11 is 1.88. The molecular formula is C16H23F2NS. The fourth-order valence-corrected chi connectivity index (χ4v) is 4.11. The van der Waals surface area contributed by atoms with Gasteiger partial charge in [-0.15, -0.1) is 0 Å². The molecule has 20 heavy (non-hydrogen) atoms. The standard InChI is InChI=1S/C16H23F2NS/c1-3-9-19-16(13-6-4-5-10-20-13)12-8-7-11(2)14(17)15(12)18/h7-8,13,16,19H,3-6,9-10H2,1-2H3. The second-order valence-corrected chi connectivity index (χ2v) is 6.78. The molecule has 1 aromatic carbocycles. The van der Waals surface area contributed by atoms with E-state index >= 15 is 0 Å². The Labute approximate surface area is 124 Å². The van der Waals surface area contributed by atoms with Crippen LogP contribution in [0, 0.1) is 18.6 Å². The van der Waals surface area contributed by atoms with Gasteiger partial charge in [-0.2, -0.15) is 11.8 Å². The van der Waals surface area contributed by atoms with Crippen LogP contribution in [0.15, 0.2) is 12.1 Å². The average molecular weight is 299 g/mol. The molecule has 1 heterocycles. The summed E-state index contributed by atoms with van der Waals surface area (Å²) in [7, 11) is 0. The highest BCUT2D eigenvalue weighted by Crippen LogP contribution is 2.36. The van der Waals surface area contributed by atoms with Gasteiger partial charge in [-0.05, 0) is 44.0 Å². The van der Waals surface area contributed by atoms with Gasteiger partial charge < -0.3 is 5.32 Å². The van der Waals surface area contributed by atoms with Crippen molar-refractivity contribution in [3.05, 3.63) is 34.9 Å². The molecule has 1 aromatic rings. The maximum atomic E-state index is 14.3. The summed E-state index contributed by atoms with van der Waals surface area (Å²) in [5, 5.41) is 3.76. The first kappa shape index (κ1) is 15.8. The van der Waals surface area contributed by atoms with Gasteiger partial charge in [0.1, 0.15) is 0 Å². The van der Waals surface area contributed by atoms with Gasteiger partial charge in [0, 0.05) is 16.9 Å². The van der Waals surface area contributed by atoms with Crippen LogP contribution in [0.2, 0.25) is 0 Å². The molecule has 2 atom stereocenters. The van der Waals surface area contributed by atoms with Crippen molar-refractivity contribution in [3.63, 3.8) is 0 Å². The molecule has 4 heteroatoms. The summed E-state index contributed by atoms with van der Waals surface area (Å²) in [4.78, 5) is 0. The molecule has 2 unspecified atom stereocenters. The van der Waals surface area contributed by atoms with E-state index < -0.39 is 11.6 Å². The minimum absolute atomic E-state index is 0.0876. The predicted molar refractivity (Wildman–Crippen MR) is 82.2 cm³/mol. The van der Waals surface area contributed by atoms with Crippen molar-refractivity contribution in [1.82, 2.24) is 5.32 Å². The molecule has 0 spiro atoms. The lowest BCUT2D eigenvalue weighted by Gasteiger charge is -2.31. The lowest BCUT2D eigenvalue weighted by atomic mass is 9.97. The second-order valence-electron chi connectivity index (χ2n) is 5.44. The van der Waals surface area contributed by atoms with Crippen LogP contribution in [-0.2, 0) is 0 Å². The molecule has 1 aliphatic rings. The van der Waals surface area contributed by atoms with E-state index in [1.54, 1.807) is 19.1 Å². The first-order valence-corrected chi connectivity index (χ1v) is 8.49. The molecule has 1 saturated heterocycles. The molecule has 0 bridgehead atoms. The van der Waals surface area contributed by atoms with E-state index in [9.17, 15) is 8.78 Å². The van der Waals surface area contributed by atoms with Crippen molar-refractivity contribution in [2.24, 2.45) is 0 Å². The molecule has 0 aromatic heterocycles. The Morgan fingerprint density at radius 1 is 1.30 bits per heavy atom. The quantitative estimate of drug-likeness (QED) is 0.853. The summed E-state index contributed by atoms with van der Waals surface area (Å²) in [6.45, 7) is 4.52. The summed E-state index contributed by atoms with van der Waals surface area (Å²) < 4.78 is 28.1. The Hall–Kier alpha value is -0.610. The zero-order valence-corrected chi connectivity index (χ0v) is 13.0. The minimum atomic E-state index is -0.702. The van der Waals surface area contributed by atoms with E-state index in [1.165, 1.54) is 12.8 Å². The highest BCUT2D eigenvalue weighted by atomic mass is 32.2. The Balaban J connectivity index is 2.27. The fraction of sp³-hybridized carbons (Fsp3) is 0.625. The number of hydrogen-bond donors (Lipinski definition) is 1. The van der Waals surface area contributed by atoms with Crippen LogP contribution in [0.4, 0.5) is 8.78 Å². The Kier molecular flexibility index (Phi) is 5.85. The summed E-state index contributed by atoms with van der Waals surface area (Å²) in [6, 6.07) is 3.34. The zero-order chi connectivity index (χ0) is 14.5. The van der Waals surface area contributed by atoms with Crippen LogP contribution in [0.1, 0.15) is 49.8 Å². The topological polar surface area (TPSA) is 12.0 Å². The molecule has 0 amide bonds. The van der Waals surface area contributed by atoms with Crippen LogP contribution < -0.4 is 5.32 Å². The number of halogens is 2. The number of aryl methyl sites for hydroxylation is 1. The van der Waals surface area contributed by atoms with Gasteiger partial charge >= 0.3 is 0 Å². The smallest absolute Gasteiger partial charge is 0.163 e. The zero-order valence-electron chi connectivity index (χ0n) is 12.2. The van der Waals surface area contributed by atoms with Crippen molar-refractivity contribution < 1.29 is 8.78 Å². The van der Waals surface area contributed by atoms with E-state index in [-0.39, 0.29) is 6.04 Å². The first-order valence-electron chi connectivity index (χ1n) is 7.44. The molecule has 1 nitrogen and oxygen atoms in total. The molecule has 0 radical (unpaired) electrons. The SMILES string of the molecule is CCCNC(c1ccc(C)c(F)c1F)C1CCCCS1. The predicted octanol–water partition coefficient (Wildman–Crippen LogP) is 4.60. The van der Waals surface area contributed by atoms with E-state index in [2.05, 4.69) is 12.2 Å². The highest BCUT2D eigenvalue weighted by Gasteiger charge is 2.28. The van der Waals surface area contributed by atoms with Gasteiger partial charge in [0.2, 0.25) is 0 Å². The number of thioether (sulfide) groups is 1. The Morgan fingerprint density at radius 2 is 2.10 bits per heavy atom. The van der Waals surface area contributed by atoms with Crippen LogP contribution in [0.3, 0.4) is 0 Å². The van der Waals surface area contributed by atoms with Crippen LogP contribution in [-0.4, -0.2) is 17.5 Å². The van der Waals surface area contributed by atoms with E-state index in [0.717, 1.165) is 25.1 Å². The maximum Gasteiger partial charge on any atom is 0.163 e. The first-order chi connectivity index (χ1) is 9.65. The molecule has 1 N–H and O–H groups in total. The highest BCUT2D eigenvalue weighted by molar-refractivity contribution is 8.00. The number of nitrogens with one attached hydrogen (secondary N) is 1. The molecule has 112 valence electrons. The molecule has 1 fully saturated rings. The van der Waals surface area contributed by atoms with E-state index in [4.69, 9.17) is 0 Å². The Morgan fingerprint density at radius 3 is 2.75 bits per heavy atom. The molecule has 0 aliphatic carbocycles. The fourth-order valence-electron chi connectivity index (χ4n) is 2.67. The lowest BCUT2D eigenvalue weighted by Crippen LogP contribution is -2.33. The normalized spacial score (nSPS) is 20.9. The van der Waals surface area contributed by atoms with Crippen LogP contribution in [0.5, 0.6) is 0 Å². The number of benzene rings is 1. The van der Waals surface area contributed by atoms with Crippen molar-refractivity contribution in [1.29, 1.82) is 0 Å². The third kappa shape index (κ3) is 3.53. The lowest BCUT2D eigenvalue weighted by molar-refractivity contribution is 0.436. The van der Waals surface area contributed by atoms with Gasteiger partial charge in [0.25, 0.3) is 0 Å². The number of hydrogen-bond acceptors (Lipinski definition) is 2. The maximum absolute atomic E-state index is 14.3. The van der Waals surface area contributed by atoms with Gasteiger partial charge in [0.15, 0.2) is 11.6 Å². The van der Waals surface area contributed by atoms with Crippen molar-refractivity contribution >= 4 is 11.8 Å².